The SMILES string of the molecule is CCOC(=O)N=S(C)(=O)c1ccc(Nc2ncc(-c3ccc(NC(=O)Cc4cccc(OC)c4)cc3)c(NC(C)CO)n2)cc1. The first-order valence-corrected chi connectivity index (χ1v) is 16.1. The van der Waals surface area contributed by atoms with Gasteiger partial charge in [0, 0.05) is 40.3 Å². The first-order valence-electron chi connectivity index (χ1n) is 14.1. The number of hydrogen-bond acceptors (Lipinski definition) is 10. The number of nitrogens with one attached hydrogen (secondary N) is 3. The monoisotopic (exact) mass is 632 g/mol. The first-order chi connectivity index (χ1) is 21.6. The van der Waals surface area contributed by atoms with Gasteiger partial charge in [-0.05, 0) is 73.5 Å². The second-order valence-corrected chi connectivity index (χ2v) is 12.3. The Kier molecular flexibility index (Phi) is 11.1. The molecule has 0 bridgehead atoms. The summed E-state index contributed by atoms with van der Waals surface area (Å²) in [7, 11) is -1.39. The molecular formula is C32H36N6O6S. The quantitative estimate of drug-likeness (QED) is 0.157. The number of carbonyl (C=O) groups is 2. The molecule has 4 aromatic rings. The number of aromatic nitrogens is 2. The highest BCUT2D eigenvalue weighted by atomic mass is 32.2. The maximum Gasteiger partial charge on any atom is 0.442 e. The zero-order valence-corrected chi connectivity index (χ0v) is 26.3. The van der Waals surface area contributed by atoms with Crippen molar-refractivity contribution < 1.29 is 28.4 Å². The first kappa shape index (κ1) is 32.9. The molecule has 1 heterocycles. The Bertz CT molecular complexity index is 1760. The van der Waals surface area contributed by atoms with Crippen LogP contribution < -0.4 is 20.7 Å². The van der Waals surface area contributed by atoms with Crippen molar-refractivity contribution in [3.63, 3.8) is 0 Å². The predicted molar refractivity (Wildman–Crippen MR) is 174 cm³/mol. The number of amides is 2. The topological polar surface area (TPSA) is 164 Å². The number of rotatable bonds is 12. The summed E-state index contributed by atoms with van der Waals surface area (Å²) in [6, 6.07) is 20.9. The molecule has 0 saturated carbocycles. The number of ether oxygens (including phenoxy) is 2. The van der Waals surface area contributed by atoms with E-state index < -0.39 is 15.8 Å². The van der Waals surface area contributed by atoms with Crippen LogP contribution >= 0.6 is 0 Å². The molecule has 45 heavy (non-hydrogen) atoms. The van der Waals surface area contributed by atoms with E-state index in [4.69, 9.17) is 9.47 Å². The van der Waals surface area contributed by atoms with Gasteiger partial charge in [-0.3, -0.25) is 4.79 Å². The number of anilines is 4. The zero-order valence-electron chi connectivity index (χ0n) is 25.4. The molecule has 12 nitrogen and oxygen atoms in total. The van der Waals surface area contributed by atoms with Gasteiger partial charge < -0.3 is 30.5 Å². The Morgan fingerprint density at radius 2 is 1.76 bits per heavy atom. The molecule has 2 amide bonds. The van der Waals surface area contributed by atoms with Crippen molar-refractivity contribution in [3.05, 3.63) is 84.6 Å². The molecule has 3 aromatic carbocycles. The van der Waals surface area contributed by atoms with Gasteiger partial charge in [0.15, 0.2) is 0 Å². The lowest BCUT2D eigenvalue weighted by Gasteiger charge is -2.17. The minimum atomic E-state index is -2.98. The molecule has 0 aliphatic carbocycles. The average molecular weight is 633 g/mol. The van der Waals surface area contributed by atoms with Crippen LogP contribution in [0.5, 0.6) is 5.75 Å². The minimum Gasteiger partial charge on any atom is -0.497 e. The molecule has 0 radical (unpaired) electrons. The fourth-order valence-electron chi connectivity index (χ4n) is 4.21. The Morgan fingerprint density at radius 1 is 1.04 bits per heavy atom. The van der Waals surface area contributed by atoms with Crippen molar-refractivity contribution in [3.8, 4) is 16.9 Å². The Balaban J connectivity index is 1.49. The highest BCUT2D eigenvalue weighted by molar-refractivity contribution is 7.93. The molecule has 4 rings (SSSR count). The molecule has 2 unspecified atom stereocenters. The second kappa shape index (κ2) is 15.1. The van der Waals surface area contributed by atoms with Crippen molar-refractivity contribution >= 4 is 44.9 Å². The highest BCUT2D eigenvalue weighted by Crippen LogP contribution is 2.29. The predicted octanol–water partition coefficient (Wildman–Crippen LogP) is 5.48. The summed E-state index contributed by atoms with van der Waals surface area (Å²) in [6.07, 6.45) is 2.36. The molecule has 2 atom stereocenters. The van der Waals surface area contributed by atoms with Crippen molar-refractivity contribution in [2.24, 2.45) is 4.36 Å². The fraction of sp³-hybridized carbons (Fsp3) is 0.250. The number of carbonyl (C=O) groups excluding carboxylic acids is 2. The lowest BCUT2D eigenvalue weighted by Crippen LogP contribution is -2.21. The molecule has 0 spiro atoms. The lowest BCUT2D eigenvalue weighted by molar-refractivity contribution is -0.115. The third kappa shape index (κ3) is 9.24. The third-order valence-electron chi connectivity index (χ3n) is 6.49. The number of hydrogen-bond donors (Lipinski definition) is 4. The van der Waals surface area contributed by atoms with E-state index in [0.29, 0.717) is 33.4 Å². The number of nitrogens with zero attached hydrogens (tertiary/aromatic N) is 3. The van der Waals surface area contributed by atoms with Gasteiger partial charge in [0.05, 0.1) is 36.5 Å². The van der Waals surface area contributed by atoms with Crippen LogP contribution in [-0.2, 0) is 25.7 Å². The molecule has 0 aliphatic rings. The molecule has 4 N–H and O–H groups in total. The van der Waals surface area contributed by atoms with Gasteiger partial charge in [-0.25, -0.2) is 14.0 Å². The fourth-order valence-corrected chi connectivity index (χ4v) is 5.30. The maximum absolute atomic E-state index is 12.9. The Hall–Kier alpha value is -5.01. The van der Waals surface area contributed by atoms with Gasteiger partial charge in [-0.15, -0.1) is 4.36 Å². The molecule has 0 fully saturated rings. The normalized spacial score (nSPS) is 12.7. The summed E-state index contributed by atoms with van der Waals surface area (Å²) in [5.41, 5.74) is 3.59. The second-order valence-electron chi connectivity index (χ2n) is 10.1. The molecule has 236 valence electrons. The number of aliphatic hydroxyl groups is 1. The summed E-state index contributed by atoms with van der Waals surface area (Å²) < 4.78 is 26.6. The van der Waals surface area contributed by atoms with Crippen LogP contribution in [0.4, 0.5) is 27.9 Å². The smallest absolute Gasteiger partial charge is 0.442 e. The van der Waals surface area contributed by atoms with Crippen molar-refractivity contribution in [1.29, 1.82) is 0 Å². The summed E-state index contributed by atoms with van der Waals surface area (Å²) in [5.74, 6) is 1.31. The molecular weight excluding hydrogens is 596 g/mol. The van der Waals surface area contributed by atoms with Crippen LogP contribution in [0.3, 0.4) is 0 Å². The van der Waals surface area contributed by atoms with E-state index in [1.54, 1.807) is 56.6 Å². The van der Waals surface area contributed by atoms with E-state index in [1.165, 1.54) is 6.26 Å². The van der Waals surface area contributed by atoms with Gasteiger partial charge in [0.25, 0.3) is 0 Å². The summed E-state index contributed by atoms with van der Waals surface area (Å²) in [4.78, 5) is 33.8. The van der Waals surface area contributed by atoms with Gasteiger partial charge in [0.2, 0.25) is 11.9 Å². The average Bonchev–Trinajstić information content (AvgIpc) is 3.02. The van der Waals surface area contributed by atoms with Gasteiger partial charge >= 0.3 is 6.09 Å². The van der Waals surface area contributed by atoms with Crippen molar-refractivity contribution in [2.75, 3.05) is 42.5 Å². The summed E-state index contributed by atoms with van der Waals surface area (Å²) >= 11 is 0. The lowest BCUT2D eigenvalue weighted by atomic mass is 10.1. The van der Waals surface area contributed by atoms with Gasteiger partial charge in [0.1, 0.15) is 11.6 Å². The molecule has 1 aromatic heterocycles. The number of benzene rings is 3. The highest BCUT2D eigenvalue weighted by Gasteiger charge is 2.14. The van der Waals surface area contributed by atoms with Crippen LogP contribution in [0.2, 0.25) is 0 Å². The van der Waals surface area contributed by atoms with Gasteiger partial charge in [-0.2, -0.15) is 4.98 Å². The van der Waals surface area contributed by atoms with Crippen LogP contribution in [0.25, 0.3) is 11.1 Å². The van der Waals surface area contributed by atoms with E-state index in [2.05, 4.69) is 30.3 Å². The summed E-state index contributed by atoms with van der Waals surface area (Å²) in [6.45, 7) is 3.50. The van der Waals surface area contributed by atoms with E-state index in [9.17, 15) is 18.9 Å². The third-order valence-corrected chi connectivity index (χ3v) is 8.13. The molecule has 13 heteroatoms. The van der Waals surface area contributed by atoms with Crippen LogP contribution in [-0.4, -0.2) is 63.9 Å². The van der Waals surface area contributed by atoms with Gasteiger partial charge in [-0.1, -0.05) is 24.3 Å². The number of aliphatic hydroxyl groups excluding tert-OH is 1. The van der Waals surface area contributed by atoms with E-state index in [1.807, 2.05) is 43.3 Å². The Labute approximate surface area is 262 Å². The van der Waals surface area contributed by atoms with Crippen LogP contribution in [0.15, 0.2) is 88.3 Å². The van der Waals surface area contributed by atoms with E-state index >= 15 is 0 Å². The number of methoxy groups -OCH3 is 1. The Morgan fingerprint density at radius 3 is 2.42 bits per heavy atom. The largest absolute Gasteiger partial charge is 0.497 e. The minimum absolute atomic E-state index is 0.112. The standard InChI is InChI=1S/C32H36N6O6S/c1-5-44-32(41)38-45(4,42)27-15-13-25(14-16-27)36-31-33-19-28(30(37-31)34-21(2)20-39)23-9-11-24(12-10-23)35-29(40)18-22-7-6-8-26(17-22)43-3/h6-17,19,21,39H,5,18,20H2,1-4H3,(H,35,40)(H2,33,34,36,37). The van der Waals surface area contributed by atoms with E-state index in [-0.39, 0.29) is 37.5 Å². The van der Waals surface area contributed by atoms with Crippen molar-refractivity contribution in [1.82, 2.24) is 9.97 Å². The maximum atomic E-state index is 12.9. The zero-order chi connectivity index (χ0) is 32.4. The van der Waals surface area contributed by atoms with E-state index in [0.717, 1.165) is 11.1 Å². The molecule has 0 aliphatic heterocycles. The van der Waals surface area contributed by atoms with Crippen molar-refractivity contribution in [2.45, 2.75) is 31.2 Å². The summed E-state index contributed by atoms with van der Waals surface area (Å²) in [5, 5.41) is 18.9. The van der Waals surface area contributed by atoms with Crippen LogP contribution in [0, 0.1) is 0 Å². The van der Waals surface area contributed by atoms with Crippen LogP contribution in [0.1, 0.15) is 19.4 Å². The molecule has 0 saturated heterocycles.